The van der Waals surface area contributed by atoms with Crippen LogP contribution in [0.3, 0.4) is 0 Å². The van der Waals surface area contributed by atoms with Gasteiger partial charge in [0.1, 0.15) is 4.88 Å². The van der Waals surface area contributed by atoms with E-state index in [0.717, 1.165) is 11.3 Å². The Hall–Kier alpha value is -1.94. The van der Waals surface area contributed by atoms with Gasteiger partial charge in [0, 0.05) is 20.5 Å². The summed E-state index contributed by atoms with van der Waals surface area (Å²) in [6, 6.07) is 2.08. The first-order valence-electron chi connectivity index (χ1n) is 5.22. The third-order valence-electron chi connectivity index (χ3n) is 2.23. The number of carboxylic acid groups (broad SMARTS) is 1. The minimum Gasteiger partial charge on any atom is -0.476 e. The van der Waals surface area contributed by atoms with E-state index in [-0.39, 0.29) is 22.3 Å². The van der Waals surface area contributed by atoms with Crippen LogP contribution >= 0.6 is 11.3 Å². The molecular weight excluding hydrogens is 254 g/mol. The van der Waals surface area contributed by atoms with Gasteiger partial charge in [-0.1, -0.05) is 11.3 Å². The van der Waals surface area contributed by atoms with Gasteiger partial charge in [0.05, 0.1) is 12.0 Å². The van der Waals surface area contributed by atoms with E-state index in [9.17, 15) is 9.59 Å². The Morgan fingerprint density at radius 1 is 1.61 bits per heavy atom. The number of aromatic carboxylic acids is 1. The van der Waals surface area contributed by atoms with Crippen molar-refractivity contribution in [2.24, 2.45) is 5.92 Å². The minimum atomic E-state index is -1.22. The summed E-state index contributed by atoms with van der Waals surface area (Å²) < 4.78 is 0. The molecule has 0 saturated heterocycles. The van der Waals surface area contributed by atoms with Gasteiger partial charge in [-0.2, -0.15) is 5.26 Å². The van der Waals surface area contributed by atoms with Crippen LogP contribution in [-0.4, -0.2) is 35.4 Å². The average molecular weight is 267 g/mol. The zero-order chi connectivity index (χ0) is 13.9. The van der Waals surface area contributed by atoms with E-state index in [4.69, 9.17) is 10.4 Å². The number of anilines is 1. The monoisotopic (exact) mass is 267 g/mol. The van der Waals surface area contributed by atoms with Gasteiger partial charge in [0.15, 0.2) is 16.6 Å². The summed E-state index contributed by atoms with van der Waals surface area (Å²) in [6.45, 7) is 3.50. The molecule has 0 aliphatic heterocycles. The number of carbonyl (C=O) groups excluding carboxylic acids is 1. The average Bonchev–Trinajstić information content (AvgIpc) is 2.73. The van der Waals surface area contributed by atoms with Gasteiger partial charge < -0.3 is 10.0 Å². The summed E-state index contributed by atoms with van der Waals surface area (Å²) in [5.41, 5.74) is -0.223. The number of hydrogen-bond acceptors (Lipinski definition) is 6. The number of aromatic nitrogens is 1. The number of nitrogens with zero attached hydrogens (tertiary/aromatic N) is 3. The number of rotatable bonds is 5. The van der Waals surface area contributed by atoms with Crippen molar-refractivity contribution < 1.29 is 14.7 Å². The molecule has 0 aromatic carbocycles. The van der Waals surface area contributed by atoms with Gasteiger partial charge in [-0.25, -0.2) is 9.78 Å². The van der Waals surface area contributed by atoms with Crippen LogP contribution < -0.4 is 4.90 Å². The molecule has 1 aromatic rings. The van der Waals surface area contributed by atoms with Gasteiger partial charge in [0.2, 0.25) is 0 Å². The quantitative estimate of drug-likeness (QED) is 0.815. The first-order chi connectivity index (χ1) is 8.36. The van der Waals surface area contributed by atoms with Crippen LogP contribution in [0.4, 0.5) is 5.13 Å². The molecule has 6 nitrogen and oxygen atoms in total. The molecule has 0 aliphatic carbocycles. The van der Waals surface area contributed by atoms with Crippen molar-refractivity contribution in [2.75, 3.05) is 18.5 Å². The summed E-state index contributed by atoms with van der Waals surface area (Å²) in [6.07, 6.45) is 0. The SMILES string of the molecule is CC(=O)c1sc(N(C)CC(C)C#N)nc1C(=O)O. The fourth-order valence-electron chi connectivity index (χ4n) is 1.39. The molecule has 1 rings (SSSR count). The minimum absolute atomic E-state index is 0.133. The lowest BCUT2D eigenvalue weighted by Gasteiger charge is -2.16. The zero-order valence-corrected chi connectivity index (χ0v) is 11.1. The maximum atomic E-state index is 11.3. The molecule has 1 unspecified atom stereocenters. The predicted molar refractivity (Wildman–Crippen MR) is 67.1 cm³/mol. The fourth-order valence-corrected chi connectivity index (χ4v) is 2.31. The van der Waals surface area contributed by atoms with Gasteiger partial charge >= 0.3 is 5.97 Å². The summed E-state index contributed by atoms with van der Waals surface area (Å²) >= 11 is 1.03. The molecule has 0 spiro atoms. The van der Waals surface area contributed by atoms with Crippen LogP contribution in [0.1, 0.15) is 34.0 Å². The maximum Gasteiger partial charge on any atom is 0.356 e. The molecule has 18 heavy (non-hydrogen) atoms. The Bertz CT molecular complexity index is 487. The highest BCUT2D eigenvalue weighted by Crippen LogP contribution is 2.26. The van der Waals surface area contributed by atoms with Crippen molar-refractivity contribution in [3.63, 3.8) is 0 Å². The molecule has 0 amide bonds. The van der Waals surface area contributed by atoms with Gasteiger partial charge in [-0.05, 0) is 6.92 Å². The highest BCUT2D eigenvalue weighted by atomic mass is 32.1. The standard InChI is InChI=1S/C11H13N3O3S/c1-6(4-12)5-14(3)11-13-8(10(16)17)9(18-11)7(2)15/h6H,5H2,1-3H3,(H,16,17). The predicted octanol–water partition coefficient (Wildman–Crippen LogP) is 1.64. The topological polar surface area (TPSA) is 94.3 Å². The number of Topliss-reactive ketones (excluding diaryl/α,β-unsaturated/α-hetero) is 1. The number of ketones is 1. The van der Waals surface area contributed by atoms with Crippen LogP contribution in [0, 0.1) is 17.2 Å². The summed E-state index contributed by atoms with van der Waals surface area (Å²) in [5, 5.41) is 18.1. The molecule has 1 heterocycles. The molecular formula is C11H13N3O3S. The number of nitriles is 1. The van der Waals surface area contributed by atoms with Crippen molar-refractivity contribution >= 4 is 28.2 Å². The molecule has 7 heteroatoms. The van der Waals surface area contributed by atoms with Crippen LogP contribution in [0.25, 0.3) is 0 Å². The molecule has 1 atom stereocenters. The number of hydrogen-bond donors (Lipinski definition) is 1. The van der Waals surface area contributed by atoms with Crippen molar-refractivity contribution in [2.45, 2.75) is 13.8 Å². The lowest BCUT2D eigenvalue weighted by molar-refractivity contribution is 0.0687. The van der Waals surface area contributed by atoms with Gasteiger partial charge in [-0.15, -0.1) is 0 Å². The smallest absolute Gasteiger partial charge is 0.356 e. The number of thiazole rings is 1. The van der Waals surface area contributed by atoms with Crippen LogP contribution in [0.2, 0.25) is 0 Å². The van der Waals surface area contributed by atoms with E-state index in [2.05, 4.69) is 11.1 Å². The molecule has 0 aliphatic rings. The largest absolute Gasteiger partial charge is 0.476 e. The highest BCUT2D eigenvalue weighted by Gasteiger charge is 2.22. The second-order valence-corrected chi connectivity index (χ2v) is 4.92. The van der Waals surface area contributed by atoms with Crippen molar-refractivity contribution in [1.29, 1.82) is 5.26 Å². The number of carbonyl (C=O) groups is 2. The molecule has 1 N–H and O–H groups in total. The molecule has 0 radical (unpaired) electrons. The second kappa shape index (κ2) is 5.60. The first kappa shape index (κ1) is 14.1. The number of carboxylic acids is 1. The van der Waals surface area contributed by atoms with Crippen LogP contribution in [0.15, 0.2) is 0 Å². The van der Waals surface area contributed by atoms with Crippen LogP contribution in [0.5, 0.6) is 0 Å². The lowest BCUT2D eigenvalue weighted by Crippen LogP contribution is -2.23. The van der Waals surface area contributed by atoms with Crippen molar-refractivity contribution in [3.8, 4) is 6.07 Å². The molecule has 0 bridgehead atoms. The molecule has 1 aromatic heterocycles. The highest BCUT2D eigenvalue weighted by molar-refractivity contribution is 7.17. The van der Waals surface area contributed by atoms with Crippen LogP contribution in [-0.2, 0) is 0 Å². The van der Waals surface area contributed by atoms with Gasteiger partial charge in [0.25, 0.3) is 0 Å². The van der Waals surface area contributed by atoms with E-state index >= 15 is 0 Å². The van der Waals surface area contributed by atoms with Crippen molar-refractivity contribution in [1.82, 2.24) is 4.98 Å². The van der Waals surface area contributed by atoms with E-state index in [0.29, 0.717) is 11.7 Å². The normalized spacial score (nSPS) is 11.7. The summed E-state index contributed by atoms with van der Waals surface area (Å²) in [7, 11) is 1.71. The van der Waals surface area contributed by atoms with E-state index < -0.39 is 5.97 Å². The Morgan fingerprint density at radius 2 is 2.22 bits per heavy atom. The molecule has 0 fully saturated rings. The Morgan fingerprint density at radius 3 is 2.61 bits per heavy atom. The third kappa shape index (κ3) is 3.05. The van der Waals surface area contributed by atoms with E-state index in [1.165, 1.54) is 6.92 Å². The summed E-state index contributed by atoms with van der Waals surface area (Å²) in [4.78, 5) is 28.0. The van der Waals surface area contributed by atoms with E-state index in [1.807, 2.05) is 0 Å². The fraction of sp³-hybridized carbons (Fsp3) is 0.455. The molecule has 96 valence electrons. The third-order valence-corrected chi connectivity index (χ3v) is 3.50. The Balaban J connectivity index is 3.05. The second-order valence-electron chi connectivity index (χ2n) is 3.95. The van der Waals surface area contributed by atoms with Crippen molar-refractivity contribution in [3.05, 3.63) is 10.6 Å². The summed E-state index contributed by atoms with van der Waals surface area (Å²) in [5.74, 6) is -1.74. The first-order valence-corrected chi connectivity index (χ1v) is 6.04. The maximum absolute atomic E-state index is 11.3. The van der Waals surface area contributed by atoms with E-state index in [1.54, 1.807) is 18.9 Å². The Labute approximate surface area is 108 Å². The molecule has 0 saturated carbocycles. The zero-order valence-electron chi connectivity index (χ0n) is 10.3. The van der Waals surface area contributed by atoms with Gasteiger partial charge in [-0.3, -0.25) is 4.79 Å². The Kier molecular flexibility index (Phi) is 4.39. The lowest BCUT2D eigenvalue weighted by atomic mass is 10.2.